The van der Waals surface area contributed by atoms with Crippen molar-refractivity contribution in [3.8, 4) is 22.9 Å². The van der Waals surface area contributed by atoms with Crippen LogP contribution in [0.4, 0.5) is 0 Å². The number of hydrogen-bond donors (Lipinski definition) is 0. The maximum absolute atomic E-state index is 12.1. The van der Waals surface area contributed by atoms with Crippen LogP contribution in [0.5, 0.6) is 0 Å². The first-order chi connectivity index (χ1) is 11.6. The highest BCUT2D eigenvalue weighted by Gasteiger charge is 2.19. The minimum atomic E-state index is -0.411. The van der Waals surface area contributed by atoms with E-state index in [1.54, 1.807) is 19.9 Å². The molecule has 6 nitrogen and oxygen atoms in total. The van der Waals surface area contributed by atoms with Gasteiger partial charge in [-0.3, -0.25) is 4.98 Å². The van der Waals surface area contributed by atoms with E-state index in [9.17, 15) is 4.79 Å². The molecule has 24 heavy (non-hydrogen) atoms. The summed E-state index contributed by atoms with van der Waals surface area (Å²) in [5, 5.41) is 8.17. The molecule has 6 heteroatoms. The molecule has 0 saturated carbocycles. The Morgan fingerprint density at radius 2 is 1.79 bits per heavy atom. The lowest BCUT2D eigenvalue weighted by Crippen LogP contribution is -2.09. The van der Waals surface area contributed by atoms with Crippen LogP contribution in [0.1, 0.15) is 28.7 Å². The second-order valence-corrected chi connectivity index (χ2v) is 5.25. The smallest absolute Gasteiger partial charge is 0.339 e. The molecule has 122 valence electrons. The third-order valence-corrected chi connectivity index (χ3v) is 3.58. The van der Waals surface area contributed by atoms with Gasteiger partial charge in [0.2, 0.25) is 11.8 Å². The van der Waals surface area contributed by atoms with Gasteiger partial charge in [-0.1, -0.05) is 18.2 Å². The average molecular weight is 323 g/mol. The first-order valence-electron chi connectivity index (χ1n) is 7.64. The molecule has 0 aliphatic heterocycles. The first kappa shape index (κ1) is 15.9. The van der Waals surface area contributed by atoms with Crippen molar-refractivity contribution in [3.63, 3.8) is 0 Å². The largest absolute Gasteiger partial charge is 0.462 e. The van der Waals surface area contributed by atoms with Crippen molar-refractivity contribution in [2.45, 2.75) is 20.8 Å². The third-order valence-electron chi connectivity index (χ3n) is 3.58. The van der Waals surface area contributed by atoms with Crippen LogP contribution < -0.4 is 0 Å². The van der Waals surface area contributed by atoms with Gasteiger partial charge < -0.3 is 9.15 Å². The highest BCUT2D eigenvalue weighted by molar-refractivity contribution is 5.92. The predicted molar refractivity (Wildman–Crippen MR) is 88.4 cm³/mol. The summed E-state index contributed by atoms with van der Waals surface area (Å²) in [6.07, 6.45) is 0. The zero-order valence-corrected chi connectivity index (χ0v) is 13.7. The van der Waals surface area contributed by atoms with E-state index < -0.39 is 5.97 Å². The molecule has 0 fully saturated rings. The van der Waals surface area contributed by atoms with Gasteiger partial charge in [0.1, 0.15) is 0 Å². The topological polar surface area (TPSA) is 78.1 Å². The van der Waals surface area contributed by atoms with Crippen molar-refractivity contribution in [2.24, 2.45) is 0 Å². The molecular weight excluding hydrogens is 306 g/mol. The van der Waals surface area contributed by atoms with E-state index in [2.05, 4.69) is 15.2 Å². The monoisotopic (exact) mass is 323 g/mol. The predicted octanol–water partition coefficient (Wildman–Crippen LogP) is 3.59. The van der Waals surface area contributed by atoms with Gasteiger partial charge in [-0.25, -0.2) is 4.79 Å². The Bertz CT molecular complexity index is 872. The van der Waals surface area contributed by atoms with Crippen molar-refractivity contribution in [3.05, 3.63) is 53.3 Å². The molecule has 0 amide bonds. The Kier molecular flexibility index (Phi) is 4.37. The highest BCUT2D eigenvalue weighted by Crippen LogP contribution is 2.27. The van der Waals surface area contributed by atoms with E-state index in [-0.39, 0.29) is 0 Å². The fourth-order valence-electron chi connectivity index (χ4n) is 2.39. The van der Waals surface area contributed by atoms with Crippen LogP contribution in [0, 0.1) is 13.8 Å². The zero-order valence-electron chi connectivity index (χ0n) is 13.7. The summed E-state index contributed by atoms with van der Waals surface area (Å²) in [6.45, 7) is 5.68. The van der Waals surface area contributed by atoms with E-state index >= 15 is 0 Å². The molecule has 1 aromatic carbocycles. The van der Waals surface area contributed by atoms with Gasteiger partial charge in [0.25, 0.3) is 0 Å². The molecule has 2 aromatic heterocycles. The minimum absolute atomic E-state index is 0.306. The highest BCUT2D eigenvalue weighted by atomic mass is 16.5. The lowest BCUT2D eigenvalue weighted by Gasteiger charge is -2.08. The van der Waals surface area contributed by atoms with Crippen LogP contribution in [0.25, 0.3) is 22.9 Å². The number of aromatic nitrogens is 3. The summed E-state index contributed by atoms with van der Waals surface area (Å²) in [5.74, 6) is 0.333. The van der Waals surface area contributed by atoms with Crippen molar-refractivity contribution in [1.82, 2.24) is 15.2 Å². The van der Waals surface area contributed by atoms with Crippen LogP contribution in [0.15, 0.2) is 40.8 Å². The number of pyridine rings is 1. The average Bonchev–Trinajstić information content (AvgIpc) is 3.05. The van der Waals surface area contributed by atoms with Crippen LogP contribution in [-0.2, 0) is 4.74 Å². The number of rotatable bonds is 4. The molecule has 0 atom stereocenters. The van der Waals surface area contributed by atoms with Gasteiger partial charge in [0, 0.05) is 5.56 Å². The fraction of sp³-hybridized carbons (Fsp3) is 0.222. The Balaban J connectivity index is 2.02. The van der Waals surface area contributed by atoms with Crippen LogP contribution in [0.2, 0.25) is 0 Å². The van der Waals surface area contributed by atoms with E-state index in [0.717, 1.165) is 5.56 Å². The molecule has 0 unspecified atom stereocenters. The Morgan fingerprint density at radius 1 is 1.08 bits per heavy atom. The molecule has 0 saturated heterocycles. The van der Waals surface area contributed by atoms with Crippen molar-refractivity contribution >= 4 is 5.97 Å². The number of nitrogens with zero attached hydrogens (tertiary/aromatic N) is 3. The van der Waals surface area contributed by atoms with Gasteiger partial charge in [0.05, 0.1) is 29.1 Å². The van der Waals surface area contributed by atoms with Gasteiger partial charge >= 0.3 is 5.97 Å². The van der Waals surface area contributed by atoms with E-state index in [4.69, 9.17) is 9.15 Å². The van der Waals surface area contributed by atoms with E-state index in [1.807, 2.05) is 37.3 Å². The van der Waals surface area contributed by atoms with Gasteiger partial charge in [0.15, 0.2) is 0 Å². The van der Waals surface area contributed by atoms with Crippen LogP contribution >= 0.6 is 0 Å². The fourth-order valence-corrected chi connectivity index (χ4v) is 2.39. The summed E-state index contributed by atoms with van der Waals surface area (Å²) in [6, 6.07) is 11.2. The lowest BCUT2D eigenvalue weighted by atomic mass is 10.1. The molecule has 0 spiro atoms. The standard InChI is InChI=1S/C18H17N3O3/c1-4-23-18(22)15-10-14(11(2)19-12(15)3)17-21-20-16(24-17)13-8-6-5-7-9-13/h5-10H,4H2,1-3H3. The molecule has 0 radical (unpaired) electrons. The molecule has 0 N–H and O–H groups in total. The van der Waals surface area contributed by atoms with Crippen molar-refractivity contribution in [2.75, 3.05) is 6.61 Å². The summed E-state index contributed by atoms with van der Waals surface area (Å²) in [4.78, 5) is 16.5. The molecule has 2 heterocycles. The molecule has 3 aromatic rings. The first-order valence-corrected chi connectivity index (χ1v) is 7.64. The second-order valence-electron chi connectivity index (χ2n) is 5.25. The number of ether oxygens (including phenoxy) is 1. The summed E-state index contributed by atoms with van der Waals surface area (Å²) >= 11 is 0. The number of hydrogen-bond acceptors (Lipinski definition) is 6. The molecule has 0 aliphatic carbocycles. The maximum Gasteiger partial charge on any atom is 0.339 e. The number of carbonyl (C=O) groups is 1. The second kappa shape index (κ2) is 6.62. The Morgan fingerprint density at radius 3 is 2.50 bits per heavy atom. The molecular formula is C18H17N3O3. The van der Waals surface area contributed by atoms with Crippen molar-refractivity contribution < 1.29 is 13.9 Å². The number of carbonyl (C=O) groups excluding carboxylic acids is 1. The lowest BCUT2D eigenvalue weighted by molar-refractivity contribution is 0.0525. The maximum atomic E-state index is 12.1. The SMILES string of the molecule is CCOC(=O)c1cc(-c2nnc(-c3ccccc3)o2)c(C)nc1C. The van der Waals surface area contributed by atoms with Gasteiger partial charge in [-0.15, -0.1) is 10.2 Å². The normalized spacial score (nSPS) is 10.6. The molecule has 0 bridgehead atoms. The number of benzene rings is 1. The summed E-state index contributed by atoms with van der Waals surface area (Å²) in [7, 11) is 0. The van der Waals surface area contributed by atoms with Crippen LogP contribution in [0.3, 0.4) is 0 Å². The van der Waals surface area contributed by atoms with E-state index in [1.165, 1.54) is 0 Å². The van der Waals surface area contributed by atoms with Crippen molar-refractivity contribution in [1.29, 1.82) is 0 Å². The summed E-state index contributed by atoms with van der Waals surface area (Å²) < 4.78 is 10.8. The Labute approximate surface area is 139 Å². The quantitative estimate of drug-likeness (QED) is 0.683. The van der Waals surface area contributed by atoms with E-state index in [0.29, 0.717) is 40.9 Å². The number of aryl methyl sites for hydroxylation is 2. The number of esters is 1. The minimum Gasteiger partial charge on any atom is -0.462 e. The van der Waals surface area contributed by atoms with Crippen LogP contribution in [-0.4, -0.2) is 27.8 Å². The van der Waals surface area contributed by atoms with Gasteiger partial charge in [-0.05, 0) is 39.0 Å². The summed E-state index contributed by atoms with van der Waals surface area (Å²) in [5.41, 5.74) is 3.18. The molecule has 0 aliphatic rings. The zero-order chi connectivity index (χ0) is 17.1. The third kappa shape index (κ3) is 3.03. The Hall–Kier alpha value is -3.02. The van der Waals surface area contributed by atoms with Gasteiger partial charge in [-0.2, -0.15) is 0 Å². The molecule has 3 rings (SSSR count).